The Morgan fingerprint density at radius 1 is 0.848 bits per heavy atom. The van der Waals surface area contributed by atoms with E-state index in [4.69, 9.17) is 4.21 Å². The van der Waals surface area contributed by atoms with Crippen LogP contribution in [0.5, 0.6) is 0 Å². The molecule has 0 aliphatic heterocycles. The topological polar surface area (TPSA) is 0 Å². The molecule has 2 aliphatic carbocycles. The van der Waals surface area contributed by atoms with E-state index in [0.717, 1.165) is 12.8 Å². The van der Waals surface area contributed by atoms with Gasteiger partial charge in [-0.3, -0.25) is 0 Å². The van der Waals surface area contributed by atoms with Crippen LogP contribution >= 0.6 is 24.8 Å². The van der Waals surface area contributed by atoms with Crippen LogP contribution in [0.3, 0.4) is 0 Å². The number of halogens is 2. The van der Waals surface area contributed by atoms with Crippen molar-refractivity contribution in [2.75, 3.05) is 0 Å². The van der Waals surface area contributed by atoms with Crippen molar-refractivity contribution in [2.24, 2.45) is 0 Å². The molecular weight excluding hydrogens is 522 g/mol. The Hall–Kier alpha value is -2.05. The van der Waals surface area contributed by atoms with E-state index in [-0.39, 0.29) is 24.8 Å². The van der Waals surface area contributed by atoms with Crippen LogP contribution in [0.15, 0.2) is 95.3 Å². The van der Waals surface area contributed by atoms with Gasteiger partial charge in [0.15, 0.2) is 0 Å². The van der Waals surface area contributed by atoms with Crippen molar-refractivity contribution < 1.29 is 18.3 Å². The summed E-state index contributed by atoms with van der Waals surface area (Å²) in [7, 11) is 0. The van der Waals surface area contributed by atoms with Crippen molar-refractivity contribution in [3.05, 3.63) is 118 Å². The molecule has 33 heavy (non-hydrogen) atoms. The van der Waals surface area contributed by atoms with E-state index in [1.807, 2.05) is 12.2 Å². The Balaban J connectivity index is 0.00000153. The van der Waals surface area contributed by atoms with Gasteiger partial charge in [0.2, 0.25) is 0 Å². The average Bonchev–Trinajstić information content (AvgIpc) is 3.47. The van der Waals surface area contributed by atoms with E-state index in [9.17, 15) is 0 Å². The third-order valence-corrected chi connectivity index (χ3v) is 22.0. The maximum Gasteiger partial charge on any atom is -0.147 e. The minimum atomic E-state index is -4.04. The first-order valence-corrected chi connectivity index (χ1v) is 18.9. The molecule has 0 atom stereocenters. The molecule has 0 saturated heterocycles. The van der Waals surface area contributed by atoms with E-state index >= 15 is 0 Å². The van der Waals surface area contributed by atoms with Gasteiger partial charge in [0.25, 0.3) is 0 Å². The summed E-state index contributed by atoms with van der Waals surface area (Å²) in [6, 6.07) is 22.5. The first-order valence-electron chi connectivity index (χ1n) is 11.0. The fourth-order valence-corrected chi connectivity index (χ4v) is 17.7. The van der Waals surface area contributed by atoms with Gasteiger partial charge in [-0.05, 0) is 0 Å². The normalized spacial score (nSPS) is 13.8. The largest absolute Gasteiger partial charge is 0.147 e. The molecular formula is C30H30Cl2Zr. The van der Waals surface area contributed by atoms with Crippen molar-refractivity contribution in [1.82, 2.24) is 0 Å². The maximum absolute atomic E-state index is 5.22. The molecule has 0 nitrogen and oxygen atoms in total. The van der Waals surface area contributed by atoms with Crippen LogP contribution in [0, 0.1) is 0 Å². The molecule has 2 aliphatic rings. The quantitative estimate of drug-likeness (QED) is 0.243. The van der Waals surface area contributed by atoms with Gasteiger partial charge >= 0.3 is 187 Å². The minimum Gasteiger partial charge on any atom is -0.147 e. The Kier molecular flexibility index (Phi) is 7.21. The minimum absolute atomic E-state index is 0. The number of hydrogen-bond donors (Lipinski definition) is 0. The second-order valence-electron chi connectivity index (χ2n) is 9.30. The number of fused-ring (bicyclic) bond motifs is 3. The number of hydrogen-bond acceptors (Lipinski definition) is 0. The predicted molar refractivity (Wildman–Crippen MR) is 150 cm³/mol. The molecule has 0 amide bonds. The molecule has 3 heteroatoms. The van der Waals surface area contributed by atoms with Crippen LogP contribution < -0.4 is 6.54 Å². The Morgan fingerprint density at radius 2 is 1.55 bits per heavy atom. The second-order valence-corrected chi connectivity index (χ2v) is 23.5. The summed E-state index contributed by atoms with van der Waals surface area (Å²) in [5, 5.41) is 0. The first kappa shape index (κ1) is 25.6. The fraction of sp³-hybridized carbons (Fsp3) is 0.100. The van der Waals surface area contributed by atoms with Crippen LogP contribution in [0.2, 0.25) is 4.63 Å². The van der Waals surface area contributed by atoms with Crippen LogP contribution in [0.1, 0.15) is 28.7 Å². The number of rotatable bonds is 5. The summed E-state index contributed by atoms with van der Waals surface area (Å²) < 4.78 is 12.2. The zero-order valence-corrected chi connectivity index (χ0v) is 23.1. The Bertz CT molecular complexity index is 1380. The molecule has 0 spiro atoms. The molecule has 0 unspecified atom stereocenters. The van der Waals surface area contributed by atoms with Crippen molar-refractivity contribution >= 4 is 47.7 Å². The summed E-state index contributed by atoms with van der Waals surface area (Å²) in [5.41, 5.74) is 7.88. The summed E-state index contributed by atoms with van der Waals surface area (Å²) >= 11 is -4.04. The summed E-state index contributed by atoms with van der Waals surface area (Å²) in [4.78, 5) is 0. The third kappa shape index (κ3) is 3.85. The van der Waals surface area contributed by atoms with Crippen LogP contribution in [0.25, 0.3) is 23.3 Å². The van der Waals surface area contributed by atoms with Gasteiger partial charge in [-0.2, -0.15) is 0 Å². The van der Waals surface area contributed by atoms with Gasteiger partial charge in [-0.15, -0.1) is 24.8 Å². The summed E-state index contributed by atoms with van der Waals surface area (Å²) in [5.74, 6) is 0. The second kappa shape index (κ2) is 9.30. The number of benzene rings is 3. The van der Waals surface area contributed by atoms with E-state index in [1.165, 1.54) is 43.2 Å². The maximum atomic E-state index is 5.22. The van der Waals surface area contributed by atoms with Gasteiger partial charge in [-0.25, -0.2) is 0 Å². The summed E-state index contributed by atoms with van der Waals surface area (Å²) in [6.45, 7) is 8.10. The third-order valence-electron chi connectivity index (χ3n) is 7.46. The standard InChI is InChI=1S/C17H13.C6H5.C5H5.CH3.CH2.2ClH.Zr/c1-3-12-5-7-14-11-15-8-6-13(4-2)10-17(15)16(14)9-12;1-2-4-6-5-3-1;1-2-4-5-3-1;;;;;/h3-7,9-10H,1-2,11H2;1-5H;1-3H,4H2;1H3;1H2;2*1H;. The molecule has 0 radical (unpaired) electrons. The van der Waals surface area contributed by atoms with Gasteiger partial charge in [0, 0.05) is 0 Å². The molecule has 5 rings (SSSR count). The van der Waals surface area contributed by atoms with Crippen molar-refractivity contribution in [1.29, 1.82) is 0 Å². The fourth-order valence-electron chi connectivity index (χ4n) is 5.52. The SMILES string of the molecule is C=Cc1ccc2c(c1)-c1cc(C=C)c[c]([Zr](=[CH2])([CH3])([C]3=CC=CC3)[c]3ccccc3)c1C2.Cl.Cl. The molecule has 3 aromatic carbocycles. The predicted octanol–water partition coefficient (Wildman–Crippen LogP) is 7.35. The molecule has 168 valence electrons. The zero-order valence-electron chi connectivity index (χ0n) is 19.0. The molecule has 3 aromatic rings. The first-order chi connectivity index (χ1) is 14.9. The zero-order chi connectivity index (χ0) is 21.7. The molecule has 0 saturated carbocycles. The van der Waals surface area contributed by atoms with E-state index < -0.39 is 18.3 Å². The van der Waals surface area contributed by atoms with Gasteiger partial charge in [0.1, 0.15) is 0 Å². The van der Waals surface area contributed by atoms with E-state index in [2.05, 4.69) is 96.7 Å². The molecule has 0 aromatic heterocycles. The smallest absolute Gasteiger partial charge is 0.147 e. The van der Waals surface area contributed by atoms with Crippen LogP contribution in [-0.4, -0.2) is 4.21 Å². The molecule has 0 heterocycles. The molecule has 0 N–H and O–H groups in total. The van der Waals surface area contributed by atoms with Gasteiger partial charge in [0.05, 0.1) is 0 Å². The van der Waals surface area contributed by atoms with Crippen molar-refractivity contribution in [2.45, 2.75) is 17.5 Å². The number of allylic oxidation sites excluding steroid dienone is 4. The van der Waals surface area contributed by atoms with Gasteiger partial charge in [-0.1, -0.05) is 0 Å². The van der Waals surface area contributed by atoms with Crippen LogP contribution in [-0.2, 0) is 24.7 Å². The molecule has 0 bridgehead atoms. The average molecular weight is 553 g/mol. The van der Waals surface area contributed by atoms with Crippen molar-refractivity contribution in [3.63, 3.8) is 0 Å². The monoisotopic (exact) mass is 550 g/mol. The Labute approximate surface area is 210 Å². The van der Waals surface area contributed by atoms with Crippen LogP contribution in [0.4, 0.5) is 0 Å². The Morgan fingerprint density at radius 3 is 2.18 bits per heavy atom. The van der Waals surface area contributed by atoms with Crippen molar-refractivity contribution in [3.8, 4) is 11.1 Å². The van der Waals surface area contributed by atoms with E-state index in [1.54, 1.807) is 0 Å². The van der Waals surface area contributed by atoms with Gasteiger partial charge < -0.3 is 0 Å². The van der Waals surface area contributed by atoms with E-state index in [0.29, 0.717) is 0 Å². The summed E-state index contributed by atoms with van der Waals surface area (Å²) in [6.07, 6.45) is 12.7. The molecule has 0 fully saturated rings.